The molecule has 0 fully saturated rings. The van der Waals surface area contributed by atoms with Crippen LogP contribution in [0, 0.1) is 0 Å². The summed E-state index contributed by atoms with van der Waals surface area (Å²) in [6, 6.07) is 16.0. The van der Waals surface area contributed by atoms with E-state index >= 15 is 0 Å². The lowest BCUT2D eigenvalue weighted by atomic mass is 9.89. The van der Waals surface area contributed by atoms with Crippen molar-refractivity contribution in [2.45, 2.75) is 0 Å². The number of nitrogens with zero attached hydrogens (tertiary/aromatic N) is 4. The van der Waals surface area contributed by atoms with Gasteiger partial charge in [0.1, 0.15) is 0 Å². The molecule has 4 aromatic rings. The molecule has 112 valence electrons. The highest BCUT2D eigenvalue weighted by Crippen LogP contribution is 2.43. The lowest BCUT2D eigenvalue weighted by Gasteiger charge is -2.19. The topological polar surface area (TPSA) is 51.6 Å². The molecule has 4 nitrogen and oxygen atoms in total. The van der Waals surface area contributed by atoms with Gasteiger partial charge >= 0.3 is 0 Å². The van der Waals surface area contributed by atoms with Crippen molar-refractivity contribution < 1.29 is 0 Å². The van der Waals surface area contributed by atoms with Gasteiger partial charge < -0.3 is 0 Å². The molecular weight excluding hydrogens is 296 g/mol. The number of rotatable bonds is 0. The quantitative estimate of drug-likeness (QED) is 0.429. The van der Waals surface area contributed by atoms with Gasteiger partial charge in [-0.2, -0.15) is 0 Å². The van der Waals surface area contributed by atoms with E-state index in [-0.39, 0.29) is 0 Å². The van der Waals surface area contributed by atoms with Gasteiger partial charge in [-0.1, -0.05) is 24.3 Å². The Bertz CT molecular complexity index is 785. The van der Waals surface area contributed by atoms with Crippen LogP contribution in [-0.2, 0) is 0 Å². The van der Waals surface area contributed by atoms with Crippen LogP contribution in [0.2, 0.25) is 0 Å². The van der Waals surface area contributed by atoms with Crippen LogP contribution >= 0.6 is 0 Å². The van der Waals surface area contributed by atoms with Crippen molar-refractivity contribution in [2.75, 3.05) is 0 Å². The Hall–Kier alpha value is -3.40. The molecule has 4 heteroatoms. The number of aromatic nitrogens is 4. The van der Waals surface area contributed by atoms with Gasteiger partial charge in [0.05, 0.1) is 22.8 Å². The van der Waals surface area contributed by atoms with Gasteiger partial charge in [0.2, 0.25) is 0 Å². The smallest absolute Gasteiger partial charge is 0.0971 e. The van der Waals surface area contributed by atoms with Gasteiger partial charge in [-0.15, -0.1) is 0 Å². The highest BCUT2D eigenvalue weighted by molar-refractivity contribution is 5.98. The minimum Gasteiger partial charge on any atom is -0.254 e. The summed E-state index contributed by atoms with van der Waals surface area (Å²) in [5.41, 5.74) is 7.59. The Morgan fingerprint density at radius 3 is 0.875 bits per heavy atom. The molecule has 24 heavy (non-hydrogen) atoms. The molecule has 0 aromatic carbocycles. The van der Waals surface area contributed by atoms with E-state index in [1.165, 1.54) is 0 Å². The van der Waals surface area contributed by atoms with Crippen molar-refractivity contribution in [3.8, 4) is 45.0 Å². The minimum absolute atomic E-state index is 0.872. The van der Waals surface area contributed by atoms with Crippen LogP contribution in [0.1, 0.15) is 0 Å². The first-order valence-corrected chi connectivity index (χ1v) is 7.75. The second kappa shape index (κ2) is 5.06. The van der Waals surface area contributed by atoms with E-state index < -0.39 is 0 Å². The number of hydrogen-bond acceptors (Lipinski definition) is 4. The Kier molecular flexibility index (Phi) is 2.76. The molecule has 4 aromatic heterocycles. The Balaban J connectivity index is 2.01. The number of hydrogen-bond donors (Lipinski definition) is 0. The number of pyridine rings is 4. The van der Waals surface area contributed by atoms with Crippen LogP contribution in [-0.4, -0.2) is 19.9 Å². The van der Waals surface area contributed by atoms with Crippen LogP contribution in [0.25, 0.3) is 45.0 Å². The Labute approximate surface area is 138 Å². The van der Waals surface area contributed by atoms with E-state index in [9.17, 15) is 0 Å². The number of fused-ring (bicyclic) bond motifs is 8. The predicted molar refractivity (Wildman–Crippen MR) is 92.9 cm³/mol. The molecule has 0 spiro atoms. The molecule has 0 N–H and O–H groups in total. The summed E-state index contributed by atoms with van der Waals surface area (Å²) in [6.07, 6.45) is 7.22. The third-order valence-electron chi connectivity index (χ3n) is 4.26. The molecule has 1 aliphatic rings. The average molecular weight is 308 g/mol. The Morgan fingerprint density at radius 1 is 0.375 bits per heavy atom. The first-order chi connectivity index (χ1) is 11.9. The van der Waals surface area contributed by atoms with Crippen molar-refractivity contribution in [1.82, 2.24) is 19.9 Å². The fourth-order valence-corrected chi connectivity index (χ4v) is 3.25. The van der Waals surface area contributed by atoms with Crippen LogP contribution in [0.3, 0.4) is 0 Å². The largest absolute Gasteiger partial charge is 0.254 e. The standard InChI is InChI=1S/C20H12N4/c1-5-13-14-6-2-10-22-18(14)20-16(8-4-12-24-20)15-7-3-11-23-19(15)17(13)21-9-1/h1-12H. The Morgan fingerprint density at radius 2 is 0.625 bits per heavy atom. The maximum Gasteiger partial charge on any atom is 0.0971 e. The van der Waals surface area contributed by atoms with E-state index in [0.29, 0.717) is 0 Å². The second-order valence-corrected chi connectivity index (χ2v) is 5.60. The first-order valence-electron chi connectivity index (χ1n) is 7.75. The zero-order valence-electron chi connectivity index (χ0n) is 12.7. The molecule has 4 heterocycles. The molecule has 0 saturated heterocycles. The molecule has 0 atom stereocenters. The van der Waals surface area contributed by atoms with E-state index in [1.54, 1.807) is 24.8 Å². The lowest BCUT2D eigenvalue weighted by molar-refractivity contribution is 1.21. The summed E-state index contributed by atoms with van der Waals surface area (Å²) in [5.74, 6) is 0. The summed E-state index contributed by atoms with van der Waals surface area (Å²) in [4.78, 5) is 18.5. The maximum absolute atomic E-state index is 4.62. The van der Waals surface area contributed by atoms with E-state index in [2.05, 4.69) is 44.2 Å². The highest BCUT2D eigenvalue weighted by Gasteiger charge is 2.24. The molecule has 0 radical (unpaired) electrons. The minimum atomic E-state index is 0.872. The molecule has 1 aliphatic carbocycles. The molecule has 5 rings (SSSR count). The molecule has 0 amide bonds. The summed E-state index contributed by atoms with van der Waals surface area (Å²) in [7, 11) is 0. The van der Waals surface area contributed by atoms with Crippen LogP contribution in [0.4, 0.5) is 0 Å². The van der Waals surface area contributed by atoms with E-state index in [4.69, 9.17) is 0 Å². The monoisotopic (exact) mass is 308 g/mol. The predicted octanol–water partition coefficient (Wildman–Crippen LogP) is 4.25. The normalized spacial score (nSPS) is 11.3. The van der Waals surface area contributed by atoms with Crippen molar-refractivity contribution in [1.29, 1.82) is 0 Å². The van der Waals surface area contributed by atoms with E-state index in [1.807, 2.05) is 24.3 Å². The zero-order chi connectivity index (χ0) is 15.9. The van der Waals surface area contributed by atoms with Gasteiger partial charge in [0.25, 0.3) is 0 Å². The third-order valence-corrected chi connectivity index (χ3v) is 4.26. The molecular formula is C20H12N4. The van der Waals surface area contributed by atoms with Gasteiger partial charge in [0, 0.05) is 47.0 Å². The molecule has 0 saturated carbocycles. The summed E-state index contributed by atoms with van der Waals surface area (Å²) < 4.78 is 0. The van der Waals surface area contributed by atoms with Gasteiger partial charge in [0.15, 0.2) is 0 Å². The van der Waals surface area contributed by atoms with Crippen molar-refractivity contribution >= 4 is 0 Å². The molecule has 0 aliphatic heterocycles. The van der Waals surface area contributed by atoms with Gasteiger partial charge in [-0.05, 0) is 24.3 Å². The summed E-state index contributed by atoms with van der Waals surface area (Å²) in [5, 5.41) is 0. The SMILES string of the molecule is c1cnc2c(c1)-c1cccnc1-c1ncccc1-c1cccnc1-2. The van der Waals surface area contributed by atoms with Gasteiger partial charge in [-0.25, -0.2) is 0 Å². The molecule has 0 bridgehead atoms. The van der Waals surface area contributed by atoms with Crippen LogP contribution in [0.5, 0.6) is 0 Å². The van der Waals surface area contributed by atoms with Crippen molar-refractivity contribution in [3.05, 3.63) is 73.3 Å². The third kappa shape index (κ3) is 1.80. The van der Waals surface area contributed by atoms with Gasteiger partial charge in [-0.3, -0.25) is 19.9 Å². The fraction of sp³-hybridized carbons (Fsp3) is 0. The lowest BCUT2D eigenvalue weighted by Crippen LogP contribution is -2.02. The average Bonchev–Trinajstić information content (AvgIpc) is 2.67. The zero-order valence-corrected chi connectivity index (χ0v) is 12.7. The summed E-state index contributed by atoms with van der Waals surface area (Å²) in [6.45, 7) is 0. The molecule has 0 unspecified atom stereocenters. The van der Waals surface area contributed by atoms with E-state index in [0.717, 1.165) is 45.0 Å². The van der Waals surface area contributed by atoms with Crippen molar-refractivity contribution in [3.63, 3.8) is 0 Å². The summed E-state index contributed by atoms with van der Waals surface area (Å²) >= 11 is 0. The van der Waals surface area contributed by atoms with Crippen LogP contribution in [0.15, 0.2) is 73.3 Å². The maximum atomic E-state index is 4.62. The van der Waals surface area contributed by atoms with Crippen LogP contribution < -0.4 is 0 Å². The second-order valence-electron chi connectivity index (χ2n) is 5.60. The fourth-order valence-electron chi connectivity index (χ4n) is 3.25. The highest BCUT2D eigenvalue weighted by atomic mass is 14.8. The first kappa shape index (κ1) is 13.1. The van der Waals surface area contributed by atoms with Crippen molar-refractivity contribution in [2.24, 2.45) is 0 Å².